The van der Waals surface area contributed by atoms with Crippen LogP contribution < -0.4 is 20.1 Å². The third kappa shape index (κ3) is 3.86. The van der Waals surface area contributed by atoms with E-state index in [1.807, 2.05) is 18.2 Å². The number of benzene rings is 2. The average molecular weight is 354 g/mol. The van der Waals surface area contributed by atoms with Crippen LogP contribution in [0.25, 0.3) is 0 Å². The summed E-state index contributed by atoms with van der Waals surface area (Å²) < 4.78 is 10.7. The van der Waals surface area contributed by atoms with E-state index in [4.69, 9.17) is 9.47 Å². The number of ether oxygens (including phenoxy) is 2. The Morgan fingerprint density at radius 3 is 2.50 bits per heavy atom. The molecule has 6 nitrogen and oxygen atoms in total. The van der Waals surface area contributed by atoms with Gasteiger partial charge in [0.05, 0.1) is 14.2 Å². The minimum Gasteiger partial charge on any atom is -0.493 e. The predicted octanol–water partition coefficient (Wildman–Crippen LogP) is 2.24. The number of rotatable bonds is 5. The summed E-state index contributed by atoms with van der Waals surface area (Å²) in [5.74, 6) is 0.592. The summed E-state index contributed by atoms with van der Waals surface area (Å²) >= 11 is 0. The van der Waals surface area contributed by atoms with Crippen LogP contribution in [-0.4, -0.2) is 32.6 Å². The second kappa shape index (κ2) is 8.01. The number of hydrogen-bond acceptors (Lipinski definition) is 5. The van der Waals surface area contributed by atoms with Gasteiger partial charge in [0.15, 0.2) is 11.5 Å². The summed E-state index contributed by atoms with van der Waals surface area (Å²) in [7, 11) is 3.19. The zero-order valence-electron chi connectivity index (χ0n) is 14.9. The van der Waals surface area contributed by atoms with Crippen molar-refractivity contribution in [3.8, 4) is 11.5 Å². The largest absolute Gasteiger partial charge is 0.493 e. The number of carbonyl (C=O) groups is 2. The molecule has 2 amide bonds. The first-order valence-electron chi connectivity index (χ1n) is 8.49. The molecule has 136 valence electrons. The lowest BCUT2D eigenvalue weighted by atomic mass is 9.91. The molecule has 0 aromatic heterocycles. The second-order valence-corrected chi connectivity index (χ2v) is 6.11. The first kappa shape index (κ1) is 17.9. The SMILES string of the molecule is COc1cc2c(cc1OC)[C@H](CC(=O)NC(=O)c1ccccc1)NCC2. The van der Waals surface area contributed by atoms with Crippen molar-refractivity contribution in [3.63, 3.8) is 0 Å². The van der Waals surface area contributed by atoms with E-state index < -0.39 is 0 Å². The van der Waals surface area contributed by atoms with Gasteiger partial charge < -0.3 is 14.8 Å². The molecule has 0 spiro atoms. The zero-order valence-corrected chi connectivity index (χ0v) is 14.9. The van der Waals surface area contributed by atoms with Crippen LogP contribution in [0.1, 0.15) is 33.9 Å². The standard InChI is InChI=1S/C20H22N2O4/c1-25-17-10-14-8-9-21-16(15(14)11-18(17)26-2)12-19(23)22-20(24)13-6-4-3-5-7-13/h3-7,10-11,16,21H,8-9,12H2,1-2H3,(H,22,23,24)/t16-/m0/s1. The monoisotopic (exact) mass is 354 g/mol. The van der Waals surface area contributed by atoms with Crippen molar-refractivity contribution in [2.75, 3.05) is 20.8 Å². The molecule has 2 N–H and O–H groups in total. The van der Waals surface area contributed by atoms with Crippen molar-refractivity contribution in [2.24, 2.45) is 0 Å². The highest BCUT2D eigenvalue weighted by atomic mass is 16.5. The minimum absolute atomic E-state index is 0.168. The third-order valence-electron chi connectivity index (χ3n) is 4.48. The molecular weight excluding hydrogens is 332 g/mol. The minimum atomic E-state index is -0.390. The lowest BCUT2D eigenvalue weighted by molar-refractivity contribution is -0.120. The van der Waals surface area contributed by atoms with E-state index in [2.05, 4.69) is 10.6 Å². The molecule has 1 atom stereocenters. The van der Waals surface area contributed by atoms with Crippen molar-refractivity contribution in [1.29, 1.82) is 0 Å². The number of imide groups is 1. The molecular formula is C20H22N2O4. The molecule has 26 heavy (non-hydrogen) atoms. The molecule has 2 aromatic rings. The molecule has 6 heteroatoms. The van der Waals surface area contributed by atoms with Gasteiger partial charge in [0.2, 0.25) is 5.91 Å². The molecule has 0 bridgehead atoms. The quantitative estimate of drug-likeness (QED) is 0.861. The number of carbonyl (C=O) groups excluding carboxylic acids is 2. The summed E-state index contributed by atoms with van der Waals surface area (Å²) in [5, 5.41) is 5.79. The molecule has 1 aliphatic heterocycles. The first-order chi connectivity index (χ1) is 12.6. The van der Waals surface area contributed by atoms with Gasteiger partial charge in [-0.1, -0.05) is 18.2 Å². The number of methoxy groups -OCH3 is 2. The van der Waals surface area contributed by atoms with Gasteiger partial charge in [0.1, 0.15) is 0 Å². The predicted molar refractivity (Wildman–Crippen MR) is 97.5 cm³/mol. The maximum absolute atomic E-state index is 12.4. The van der Waals surface area contributed by atoms with Crippen LogP contribution in [-0.2, 0) is 11.2 Å². The van der Waals surface area contributed by atoms with E-state index in [-0.39, 0.29) is 24.3 Å². The smallest absolute Gasteiger partial charge is 0.257 e. The number of amides is 2. The highest BCUT2D eigenvalue weighted by Crippen LogP contribution is 2.36. The highest BCUT2D eigenvalue weighted by Gasteiger charge is 2.25. The van der Waals surface area contributed by atoms with E-state index in [0.29, 0.717) is 17.1 Å². The average Bonchev–Trinajstić information content (AvgIpc) is 2.67. The maximum atomic E-state index is 12.4. The van der Waals surface area contributed by atoms with Crippen LogP contribution in [0.3, 0.4) is 0 Å². The molecule has 0 radical (unpaired) electrons. The van der Waals surface area contributed by atoms with E-state index in [0.717, 1.165) is 24.1 Å². The lowest BCUT2D eigenvalue weighted by Crippen LogP contribution is -2.37. The van der Waals surface area contributed by atoms with Crippen LogP contribution >= 0.6 is 0 Å². The van der Waals surface area contributed by atoms with Crippen LogP contribution in [0, 0.1) is 0 Å². The van der Waals surface area contributed by atoms with Crippen LogP contribution in [0.2, 0.25) is 0 Å². The molecule has 0 saturated carbocycles. The third-order valence-corrected chi connectivity index (χ3v) is 4.48. The van der Waals surface area contributed by atoms with Gasteiger partial charge >= 0.3 is 0 Å². The number of hydrogen-bond donors (Lipinski definition) is 2. The molecule has 3 rings (SSSR count). The van der Waals surface area contributed by atoms with E-state index >= 15 is 0 Å². The van der Waals surface area contributed by atoms with Crippen molar-refractivity contribution in [3.05, 3.63) is 59.2 Å². The summed E-state index contributed by atoms with van der Waals surface area (Å²) in [4.78, 5) is 24.5. The van der Waals surface area contributed by atoms with Gasteiger partial charge in [-0.25, -0.2) is 0 Å². The Labute approximate surface area is 152 Å². The van der Waals surface area contributed by atoms with E-state index in [1.54, 1.807) is 38.5 Å². The van der Waals surface area contributed by atoms with Crippen molar-refractivity contribution >= 4 is 11.8 Å². The van der Waals surface area contributed by atoms with Gasteiger partial charge in [-0.3, -0.25) is 14.9 Å². The maximum Gasteiger partial charge on any atom is 0.257 e. The molecule has 1 heterocycles. The Bertz CT molecular complexity index is 805. The van der Waals surface area contributed by atoms with E-state index in [1.165, 1.54) is 0 Å². The Hall–Kier alpha value is -2.86. The second-order valence-electron chi connectivity index (χ2n) is 6.11. The fraction of sp³-hybridized carbons (Fsp3) is 0.300. The van der Waals surface area contributed by atoms with Gasteiger partial charge in [0.25, 0.3) is 5.91 Å². The fourth-order valence-corrected chi connectivity index (χ4v) is 3.18. The summed E-state index contributed by atoms with van der Waals surface area (Å²) in [5.41, 5.74) is 2.58. The Balaban J connectivity index is 1.73. The molecule has 0 saturated heterocycles. The topological polar surface area (TPSA) is 76.7 Å². The van der Waals surface area contributed by atoms with Crippen molar-refractivity contribution in [2.45, 2.75) is 18.9 Å². The zero-order chi connectivity index (χ0) is 18.5. The van der Waals surface area contributed by atoms with Crippen molar-refractivity contribution < 1.29 is 19.1 Å². The first-order valence-corrected chi connectivity index (χ1v) is 8.49. The number of nitrogens with one attached hydrogen (secondary N) is 2. The Kier molecular flexibility index (Phi) is 5.53. The van der Waals surface area contributed by atoms with Crippen LogP contribution in [0.5, 0.6) is 11.5 Å². The molecule has 0 fully saturated rings. The molecule has 0 aliphatic carbocycles. The van der Waals surface area contributed by atoms with E-state index in [9.17, 15) is 9.59 Å². The van der Waals surface area contributed by atoms with Gasteiger partial charge in [0, 0.05) is 18.0 Å². The van der Waals surface area contributed by atoms with Gasteiger partial charge in [-0.15, -0.1) is 0 Å². The Morgan fingerprint density at radius 2 is 1.81 bits per heavy atom. The highest BCUT2D eigenvalue weighted by molar-refractivity contribution is 6.04. The summed E-state index contributed by atoms with van der Waals surface area (Å²) in [6.45, 7) is 0.757. The van der Waals surface area contributed by atoms with Gasteiger partial charge in [-0.05, 0) is 48.4 Å². The van der Waals surface area contributed by atoms with Crippen LogP contribution in [0.4, 0.5) is 0 Å². The fourth-order valence-electron chi connectivity index (χ4n) is 3.18. The summed E-state index contributed by atoms with van der Waals surface area (Å²) in [6, 6.07) is 12.4. The molecule has 0 unspecified atom stereocenters. The molecule has 1 aliphatic rings. The van der Waals surface area contributed by atoms with Crippen molar-refractivity contribution in [1.82, 2.24) is 10.6 Å². The van der Waals surface area contributed by atoms with Gasteiger partial charge in [-0.2, -0.15) is 0 Å². The normalized spacial score (nSPS) is 15.7. The Morgan fingerprint density at radius 1 is 1.12 bits per heavy atom. The number of fused-ring (bicyclic) bond motifs is 1. The summed E-state index contributed by atoms with van der Waals surface area (Å²) in [6.07, 6.45) is 1.01. The molecule has 2 aromatic carbocycles. The lowest BCUT2D eigenvalue weighted by Gasteiger charge is -2.27. The van der Waals surface area contributed by atoms with Crippen LogP contribution in [0.15, 0.2) is 42.5 Å².